The molecule has 0 atom stereocenters. The van der Waals surface area contributed by atoms with Crippen molar-refractivity contribution in [1.82, 2.24) is 5.32 Å². The molecule has 146 valence electrons. The highest BCUT2D eigenvalue weighted by molar-refractivity contribution is 6.05. The number of carbonyl (C=O) groups is 3. The van der Waals surface area contributed by atoms with Gasteiger partial charge in [-0.2, -0.15) is 0 Å². The van der Waals surface area contributed by atoms with Crippen molar-refractivity contribution >= 4 is 17.8 Å². The molecule has 0 aliphatic carbocycles. The number of ether oxygens (including phenoxy) is 1. The zero-order valence-corrected chi connectivity index (χ0v) is 15.4. The van der Waals surface area contributed by atoms with Crippen LogP contribution in [0, 0.1) is 0 Å². The minimum atomic E-state index is -2.09. The molecule has 3 aromatic rings. The first-order chi connectivity index (χ1) is 14.0. The predicted molar refractivity (Wildman–Crippen MR) is 106 cm³/mol. The number of nitrogens with one attached hydrogen (secondary N) is 1. The van der Waals surface area contributed by atoms with Crippen LogP contribution in [0.2, 0.25) is 0 Å². The van der Waals surface area contributed by atoms with Gasteiger partial charge in [-0.3, -0.25) is 14.9 Å². The van der Waals surface area contributed by atoms with Crippen LogP contribution in [0.1, 0.15) is 21.5 Å². The Labute approximate surface area is 167 Å². The molecule has 0 aliphatic heterocycles. The highest BCUT2D eigenvalue weighted by Crippen LogP contribution is 2.30. The molecule has 6 heteroatoms. The molecule has 0 heterocycles. The fourth-order valence-corrected chi connectivity index (χ4v) is 2.82. The first-order valence-electron chi connectivity index (χ1n) is 8.91. The quantitative estimate of drug-likeness (QED) is 0.632. The number of hydrogen-bond acceptors (Lipinski definition) is 5. The molecule has 2 N–H and O–H groups in total. The van der Waals surface area contributed by atoms with Gasteiger partial charge in [0.05, 0.1) is 0 Å². The zero-order valence-electron chi connectivity index (χ0n) is 15.4. The van der Waals surface area contributed by atoms with Gasteiger partial charge in [-0.15, -0.1) is 0 Å². The van der Waals surface area contributed by atoms with Crippen LogP contribution >= 0.6 is 0 Å². The summed E-state index contributed by atoms with van der Waals surface area (Å²) in [6, 6.07) is 24.8. The summed E-state index contributed by atoms with van der Waals surface area (Å²) >= 11 is 0. The summed E-state index contributed by atoms with van der Waals surface area (Å²) in [6.45, 7) is -0.709. The molecule has 3 aromatic carbocycles. The molecule has 0 saturated heterocycles. The van der Waals surface area contributed by atoms with Crippen LogP contribution in [0.5, 0.6) is 0 Å². The average molecular weight is 389 g/mol. The summed E-state index contributed by atoms with van der Waals surface area (Å²) in [7, 11) is 0. The lowest BCUT2D eigenvalue weighted by Gasteiger charge is -2.26. The van der Waals surface area contributed by atoms with Crippen molar-refractivity contribution in [2.75, 3.05) is 6.61 Å². The van der Waals surface area contributed by atoms with Gasteiger partial charge >= 0.3 is 5.97 Å². The Morgan fingerprint density at radius 1 is 0.759 bits per heavy atom. The molecule has 0 spiro atoms. The average Bonchev–Trinajstić information content (AvgIpc) is 2.78. The summed E-state index contributed by atoms with van der Waals surface area (Å²) in [5.74, 6) is -2.42. The van der Waals surface area contributed by atoms with Gasteiger partial charge in [0.2, 0.25) is 5.60 Å². The van der Waals surface area contributed by atoms with Crippen LogP contribution in [-0.2, 0) is 19.9 Å². The minimum Gasteiger partial charge on any atom is -0.453 e. The number of hydrogen-bond donors (Lipinski definition) is 2. The molecule has 0 fully saturated rings. The maximum atomic E-state index is 12.8. The fraction of sp³-hybridized carbons (Fsp3) is 0.0870. The molecule has 0 saturated carbocycles. The van der Waals surface area contributed by atoms with E-state index in [2.05, 4.69) is 5.32 Å². The monoisotopic (exact) mass is 389 g/mol. The highest BCUT2D eigenvalue weighted by Gasteiger charge is 2.41. The van der Waals surface area contributed by atoms with Crippen molar-refractivity contribution in [2.24, 2.45) is 0 Å². The van der Waals surface area contributed by atoms with Gasteiger partial charge in [-0.25, -0.2) is 4.79 Å². The lowest BCUT2D eigenvalue weighted by molar-refractivity contribution is -0.164. The number of imide groups is 1. The third kappa shape index (κ3) is 4.56. The largest absolute Gasteiger partial charge is 0.453 e. The molecule has 29 heavy (non-hydrogen) atoms. The minimum absolute atomic E-state index is 0.303. The molecular weight excluding hydrogens is 370 g/mol. The van der Waals surface area contributed by atoms with Crippen molar-refractivity contribution in [1.29, 1.82) is 0 Å². The fourth-order valence-electron chi connectivity index (χ4n) is 2.82. The Bertz CT molecular complexity index is 948. The van der Waals surface area contributed by atoms with Crippen LogP contribution in [0.3, 0.4) is 0 Å². The van der Waals surface area contributed by atoms with Gasteiger partial charge in [0.1, 0.15) is 0 Å². The van der Waals surface area contributed by atoms with E-state index >= 15 is 0 Å². The maximum Gasteiger partial charge on any atom is 0.348 e. The lowest BCUT2D eigenvalue weighted by atomic mass is 9.86. The van der Waals surface area contributed by atoms with Crippen LogP contribution in [-0.4, -0.2) is 29.5 Å². The second-order valence-corrected chi connectivity index (χ2v) is 6.26. The Morgan fingerprint density at radius 2 is 1.21 bits per heavy atom. The lowest BCUT2D eigenvalue weighted by Crippen LogP contribution is -2.41. The molecule has 0 unspecified atom stereocenters. The van der Waals surface area contributed by atoms with Crippen molar-refractivity contribution in [2.45, 2.75) is 5.60 Å². The molecule has 0 aromatic heterocycles. The summed E-state index contributed by atoms with van der Waals surface area (Å²) < 4.78 is 5.06. The van der Waals surface area contributed by atoms with Crippen LogP contribution in [0.15, 0.2) is 91.0 Å². The topological polar surface area (TPSA) is 92.7 Å². The van der Waals surface area contributed by atoms with Crippen molar-refractivity contribution in [3.63, 3.8) is 0 Å². The highest BCUT2D eigenvalue weighted by atomic mass is 16.6. The van der Waals surface area contributed by atoms with Gasteiger partial charge in [-0.05, 0) is 23.3 Å². The summed E-state index contributed by atoms with van der Waals surface area (Å²) in [4.78, 5) is 36.8. The van der Waals surface area contributed by atoms with Crippen molar-refractivity contribution in [3.05, 3.63) is 108 Å². The van der Waals surface area contributed by atoms with Gasteiger partial charge in [0.15, 0.2) is 6.61 Å². The number of aliphatic hydroxyl groups is 1. The third-order valence-electron chi connectivity index (χ3n) is 4.30. The Morgan fingerprint density at radius 3 is 1.69 bits per heavy atom. The normalized spacial score (nSPS) is 10.8. The standard InChI is InChI=1S/C23H19NO5/c25-20(24-21(26)17-10-4-1-5-11-17)16-29-22(27)23(28,18-12-6-2-7-13-18)19-14-8-3-9-15-19/h1-15,28H,16H2,(H,24,25,26). The Balaban J connectivity index is 1.73. The van der Waals surface area contributed by atoms with E-state index in [9.17, 15) is 19.5 Å². The van der Waals surface area contributed by atoms with Gasteiger partial charge in [-0.1, -0.05) is 78.9 Å². The molecule has 2 amide bonds. The van der Waals surface area contributed by atoms with E-state index in [1.807, 2.05) is 0 Å². The molecule has 0 bridgehead atoms. The number of rotatable bonds is 6. The molecule has 0 aliphatic rings. The third-order valence-corrected chi connectivity index (χ3v) is 4.30. The smallest absolute Gasteiger partial charge is 0.348 e. The van der Waals surface area contributed by atoms with Crippen LogP contribution in [0.25, 0.3) is 0 Å². The first kappa shape index (κ1) is 20.0. The second-order valence-electron chi connectivity index (χ2n) is 6.26. The number of esters is 1. The van der Waals surface area contributed by atoms with Gasteiger partial charge in [0.25, 0.3) is 11.8 Å². The van der Waals surface area contributed by atoms with E-state index in [0.717, 1.165) is 0 Å². The Kier molecular flexibility index (Phi) is 6.16. The Hall–Kier alpha value is -3.77. The molecule has 0 radical (unpaired) electrons. The van der Waals surface area contributed by atoms with E-state index < -0.39 is 30.0 Å². The number of amides is 2. The van der Waals surface area contributed by atoms with E-state index in [0.29, 0.717) is 16.7 Å². The summed E-state index contributed by atoms with van der Waals surface area (Å²) in [5.41, 5.74) is -1.18. The predicted octanol–water partition coefficient (Wildman–Crippen LogP) is 2.42. The van der Waals surface area contributed by atoms with Crippen LogP contribution < -0.4 is 5.32 Å². The zero-order chi connectivity index (χ0) is 20.7. The van der Waals surface area contributed by atoms with E-state index in [1.165, 1.54) is 0 Å². The molecule has 6 nitrogen and oxygen atoms in total. The van der Waals surface area contributed by atoms with E-state index in [4.69, 9.17) is 4.74 Å². The second kappa shape index (κ2) is 8.95. The maximum absolute atomic E-state index is 12.8. The van der Waals surface area contributed by atoms with Gasteiger partial charge in [0, 0.05) is 5.56 Å². The number of carbonyl (C=O) groups excluding carboxylic acids is 3. The van der Waals surface area contributed by atoms with Crippen LogP contribution in [0.4, 0.5) is 0 Å². The van der Waals surface area contributed by atoms with E-state index in [-0.39, 0.29) is 0 Å². The molecular formula is C23H19NO5. The van der Waals surface area contributed by atoms with Crippen molar-refractivity contribution < 1.29 is 24.2 Å². The van der Waals surface area contributed by atoms with Crippen molar-refractivity contribution in [3.8, 4) is 0 Å². The summed E-state index contributed by atoms with van der Waals surface area (Å²) in [6.07, 6.45) is 0. The first-order valence-corrected chi connectivity index (χ1v) is 8.91. The SMILES string of the molecule is O=C(COC(=O)C(O)(c1ccccc1)c1ccccc1)NC(=O)c1ccccc1. The summed E-state index contributed by atoms with van der Waals surface area (Å²) in [5, 5.41) is 13.4. The number of benzene rings is 3. The van der Waals surface area contributed by atoms with Gasteiger partial charge < -0.3 is 9.84 Å². The van der Waals surface area contributed by atoms with E-state index in [1.54, 1.807) is 91.0 Å². The molecule has 3 rings (SSSR count).